The molecular weight excluding hydrogens is 1380 g/mol. The zero-order valence-electron chi connectivity index (χ0n) is 60.9. The Labute approximate surface area is 652 Å². The Bertz CT molecular complexity index is 7010. The standard InChI is InChI=1S/C52H34N2.C42H27ClN2.C10H9BO2/c1-3-16-41(17-4-1)53-49-24-11-9-21-45(49)47-28-26-36(33-51(47)53)38-30-39(32-40(31-38)44-23-13-15-35-14-7-8-20-43(35)44)37-27-29-48-46-22-10-12-25-50(46)54(52(48)34-37)42-18-5-2-6-19-42;43-32-24-30(28-19-21-37-35-15-7-9-17-39(35)44(41(37)26-28)33-11-3-1-4-12-33)23-31(25-32)29-20-22-38-36-16-8-10-18-40(36)45(42(38)27-29)34-13-5-2-6-14-34;12-11(13)10-7-3-5-8-4-1-2-6-9(8)10/h1-34H;1-27H;1-7,12-13H. The molecule has 0 unspecified atom stereocenters. The zero-order chi connectivity index (χ0) is 74.8. The molecule has 22 rings (SSSR count). The van der Waals surface area contributed by atoms with E-state index in [-0.39, 0.29) is 0 Å². The van der Waals surface area contributed by atoms with Crippen molar-refractivity contribution >= 4 is 133 Å². The van der Waals surface area contributed by atoms with Gasteiger partial charge < -0.3 is 28.3 Å². The average Bonchev–Trinajstić information content (AvgIpc) is 1.60. The van der Waals surface area contributed by atoms with Gasteiger partial charge in [-0.2, -0.15) is 0 Å². The summed E-state index contributed by atoms with van der Waals surface area (Å²) in [6.45, 7) is 0. The molecule has 0 aliphatic rings. The van der Waals surface area contributed by atoms with E-state index in [0.717, 1.165) is 60.8 Å². The Balaban J connectivity index is 0.000000127. The molecule has 2 N–H and O–H groups in total. The third kappa shape index (κ3) is 12.0. The molecule has 22 aromatic rings. The molecule has 0 amide bonds. The van der Waals surface area contributed by atoms with Gasteiger partial charge in [0.25, 0.3) is 0 Å². The Kier molecular flexibility index (Phi) is 17.1. The highest BCUT2D eigenvalue weighted by Gasteiger charge is 2.21. The predicted octanol–water partition coefficient (Wildman–Crippen LogP) is 26.4. The molecule has 18 aromatic carbocycles. The molecule has 0 aliphatic carbocycles. The number of hydrogen-bond acceptors (Lipinski definition) is 2. The van der Waals surface area contributed by atoms with Crippen molar-refractivity contribution < 1.29 is 10.0 Å². The molecule has 0 radical (unpaired) electrons. The van der Waals surface area contributed by atoms with Gasteiger partial charge in [-0.15, -0.1) is 0 Å². The smallest absolute Gasteiger partial charge is 0.423 e. The van der Waals surface area contributed by atoms with Gasteiger partial charge in [0.1, 0.15) is 0 Å². The summed E-state index contributed by atoms with van der Waals surface area (Å²) >= 11 is 6.86. The van der Waals surface area contributed by atoms with Gasteiger partial charge in [-0.05, 0) is 216 Å². The maximum Gasteiger partial charge on any atom is 0.489 e. The highest BCUT2D eigenvalue weighted by Crippen LogP contribution is 2.44. The SMILES string of the molecule is Clc1cc(-c2ccc3c4ccccc4n(-c4ccccc4)c3c2)cc(-c2ccc3c4ccccc4n(-c4ccccc4)c3c2)c1.OB(O)c1cccc2ccccc12.c1ccc(-n2c3ccccc3c3ccc(-c4cc(-c5ccc6c7ccccc7n(-c7ccccc7)c6c5)cc(-c5cccc6ccccc56)c4)cc32)cc1. The Morgan fingerprint density at radius 3 is 0.795 bits per heavy atom. The van der Waals surface area contributed by atoms with Gasteiger partial charge in [0.15, 0.2) is 0 Å². The van der Waals surface area contributed by atoms with E-state index in [1.54, 1.807) is 6.07 Å². The Morgan fingerprint density at radius 2 is 0.446 bits per heavy atom. The lowest BCUT2D eigenvalue weighted by atomic mass is 9.77. The van der Waals surface area contributed by atoms with Crippen molar-refractivity contribution in [3.63, 3.8) is 0 Å². The van der Waals surface area contributed by atoms with Gasteiger partial charge in [-0.25, -0.2) is 0 Å². The number of nitrogens with zero attached hydrogens (tertiary/aromatic N) is 4. The second-order valence-electron chi connectivity index (χ2n) is 28.7. The summed E-state index contributed by atoms with van der Waals surface area (Å²) in [5.41, 5.74) is 26.4. The van der Waals surface area contributed by atoms with Crippen molar-refractivity contribution in [2.75, 3.05) is 0 Å². The molecule has 8 heteroatoms. The fourth-order valence-electron chi connectivity index (χ4n) is 17.0. The lowest BCUT2D eigenvalue weighted by Gasteiger charge is -2.14. The van der Waals surface area contributed by atoms with Crippen LogP contribution in [0.25, 0.3) is 187 Å². The van der Waals surface area contributed by atoms with E-state index in [1.807, 2.05) is 36.4 Å². The Morgan fingerprint density at radius 1 is 0.188 bits per heavy atom. The molecule has 0 saturated carbocycles. The second-order valence-corrected chi connectivity index (χ2v) is 29.1. The van der Waals surface area contributed by atoms with Crippen LogP contribution in [0.15, 0.2) is 413 Å². The van der Waals surface area contributed by atoms with Crippen LogP contribution in [0.3, 0.4) is 0 Å². The predicted molar refractivity (Wildman–Crippen MR) is 474 cm³/mol. The van der Waals surface area contributed by atoms with Gasteiger partial charge in [0.05, 0.1) is 44.1 Å². The fraction of sp³-hybridized carbons (Fsp3) is 0. The molecule has 6 nitrogen and oxygen atoms in total. The molecule has 4 heterocycles. The molecular formula is C104H70BClN4O2. The minimum atomic E-state index is -1.40. The largest absolute Gasteiger partial charge is 0.489 e. The number of aromatic nitrogens is 4. The van der Waals surface area contributed by atoms with E-state index in [9.17, 15) is 0 Å². The molecule has 112 heavy (non-hydrogen) atoms. The number of hydrogen-bond donors (Lipinski definition) is 2. The van der Waals surface area contributed by atoms with E-state index in [4.69, 9.17) is 21.6 Å². The molecule has 0 aliphatic heterocycles. The van der Waals surface area contributed by atoms with E-state index in [1.165, 1.54) is 131 Å². The van der Waals surface area contributed by atoms with Crippen molar-refractivity contribution in [1.29, 1.82) is 0 Å². The summed E-state index contributed by atoms with van der Waals surface area (Å²) in [5.74, 6) is 0. The minimum Gasteiger partial charge on any atom is -0.423 e. The number of fused-ring (bicyclic) bond motifs is 14. The summed E-state index contributed by atoms with van der Waals surface area (Å²) in [6.07, 6.45) is 0. The van der Waals surface area contributed by atoms with Gasteiger partial charge >= 0.3 is 7.12 Å². The summed E-state index contributed by atoms with van der Waals surface area (Å²) in [6, 6.07) is 147. The van der Waals surface area contributed by atoms with Crippen LogP contribution in [-0.4, -0.2) is 35.4 Å². The third-order valence-electron chi connectivity index (χ3n) is 22.1. The third-order valence-corrected chi connectivity index (χ3v) is 22.3. The first kappa shape index (κ1) is 67.3. The van der Waals surface area contributed by atoms with Crippen LogP contribution in [0.5, 0.6) is 0 Å². The summed E-state index contributed by atoms with van der Waals surface area (Å²) < 4.78 is 9.52. The minimum absolute atomic E-state index is 0.554. The van der Waals surface area contributed by atoms with Crippen LogP contribution in [-0.2, 0) is 0 Å². The normalized spacial score (nSPS) is 11.5. The lowest BCUT2D eigenvalue weighted by Crippen LogP contribution is -2.30. The number of benzene rings is 18. The van der Waals surface area contributed by atoms with E-state index in [2.05, 4.69) is 388 Å². The summed E-state index contributed by atoms with van der Waals surface area (Å²) in [5, 5.41) is 33.3. The molecule has 0 bridgehead atoms. The van der Waals surface area contributed by atoms with Gasteiger partial charge in [0.2, 0.25) is 0 Å². The summed E-state index contributed by atoms with van der Waals surface area (Å²) in [7, 11) is -1.40. The van der Waals surface area contributed by atoms with Crippen molar-refractivity contribution in [3.05, 3.63) is 418 Å². The maximum atomic E-state index is 9.08. The van der Waals surface area contributed by atoms with Gasteiger partial charge in [0, 0.05) is 70.9 Å². The van der Waals surface area contributed by atoms with Crippen LogP contribution in [0, 0.1) is 0 Å². The Hall–Kier alpha value is -14.0. The van der Waals surface area contributed by atoms with Crippen LogP contribution < -0.4 is 5.46 Å². The van der Waals surface area contributed by atoms with Gasteiger partial charge in [-0.3, -0.25) is 0 Å². The van der Waals surface area contributed by atoms with E-state index >= 15 is 0 Å². The zero-order valence-corrected chi connectivity index (χ0v) is 61.7. The summed E-state index contributed by atoms with van der Waals surface area (Å²) in [4.78, 5) is 0. The van der Waals surface area contributed by atoms with E-state index in [0.29, 0.717) is 5.46 Å². The van der Waals surface area contributed by atoms with Crippen molar-refractivity contribution in [2.45, 2.75) is 0 Å². The number of halogens is 1. The van der Waals surface area contributed by atoms with Crippen LogP contribution in [0.4, 0.5) is 0 Å². The maximum absolute atomic E-state index is 9.08. The average molecular weight is 1450 g/mol. The van der Waals surface area contributed by atoms with Crippen LogP contribution in [0.2, 0.25) is 5.02 Å². The highest BCUT2D eigenvalue weighted by molar-refractivity contribution is 6.62. The first-order valence-corrected chi connectivity index (χ1v) is 38.3. The first-order chi connectivity index (χ1) is 55.3. The van der Waals surface area contributed by atoms with Crippen LogP contribution >= 0.6 is 11.6 Å². The van der Waals surface area contributed by atoms with Gasteiger partial charge in [-0.1, -0.05) is 291 Å². The molecule has 0 saturated heterocycles. The molecule has 4 aromatic heterocycles. The topological polar surface area (TPSA) is 60.2 Å². The number of rotatable bonds is 10. The molecule has 0 atom stereocenters. The van der Waals surface area contributed by atoms with Crippen LogP contribution in [0.1, 0.15) is 0 Å². The van der Waals surface area contributed by atoms with Crippen molar-refractivity contribution in [2.24, 2.45) is 0 Å². The van der Waals surface area contributed by atoms with E-state index < -0.39 is 7.12 Å². The quantitative estimate of drug-likeness (QED) is 0.134. The van der Waals surface area contributed by atoms with Crippen molar-refractivity contribution in [1.82, 2.24) is 18.3 Å². The van der Waals surface area contributed by atoms with Crippen molar-refractivity contribution in [3.8, 4) is 78.4 Å². The molecule has 0 fully saturated rings. The molecule has 528 valence electrons. The monoisotopic (exact) mass is 1450 g/mol. The highest BCUT2D eigenvalue weighted by atomic mass is 35.5. The lowest BCUT2D eigenvalue weighted by molar-refractivity contribution is 0.426. The first-order valence-electron chi connectivity index (χ1n) is 37.9. The molecule has 0 spiro atoms. The second kappa shape index (κ2) is 28.5. The fourth-order valence-corrected chi connectivity index (χ4v) is 17.2. The number of para-hydroxylation sites is 8.